The fraction of sp³-hybridized carbons (Fsp3) is 0.586. The summed E-state index contributed by atoms with van der Waals surface area (Å²) >= 11 is 0. The molecule has 0 amide bonds. The van der Waals surface area contributed by atoms with Crippen molar-refractivity contribution in [3.8, 4) is 0 Å². The molecule has 0 saturated carbocycles. The van der Waals surface area contributed by atoms with Crippen molar-refractivity contribution in [2.75, 3.05) is 52.4 Å². The second-order valence-electron chi connectivity index (χ2n) is 11.0. The van der Waals surface area contributed by atoms with Crippen LogP contribution in [0.2, 0.25) is 0 Å². The van der Waals surface area contributed by atoms with Crippen LogP contribution in [0.5, 0.6) is 0 Å². The summed E-state index contributed by atoms with van der Waals surface area (Å²) in [4.78, 5) is 2.86. The standard InChI is InChI=1S/C29H43N3O5S2/c1-4-5-6-17-30-18-7-20-31(38(33,34)27-13-9-25(2)10-14-27)22-29(24-37-29)23-32(21-8-19-30)39(35,36)28-15-11-26(3)12-16-28/h9-16H,4-8,17-24H2,1-3H3. The molecular formula is C29H43N3O5S2. The number of hydrogen-bond donors (Lipinski definition) is 0. The Kier molecular flexibility index (Phi) is 9.88. The van der Waals surface area contributed by atoms with Crippen molar-refractivity contribution in [2.45, 2.75) is 68.3 Å². The van der Waals surface area contributed by atoms with Gasteiger partial charge >= 0.3 is 0 Å². The summed E-state index contributed by atoms with van der Waals surface area (Å²) in [6.07, 6.45) is 4.75. The molecule has 2 aliphatic heterocycles. The van der Waals surface area contributed by atoms with E-state index in [9.17, 15) is 16.8 Å². The Morgan fingerprint density at radius 3 is 1.54 bits per heavy atom. The Morgan fingerprint density at radius 1 is 0.718 bits per heavy atom. The van der Waals surface area contributed by atoms with E-state index < -0.39 is 25.6 Å². The van der Waals surface area contributed by atoms with Crippen LogP contribution in [0.1, 0.15) is 50.2 Å². The van der Waals surface area contributed by atoms with Gasteiger partial charge in [0.25, 0.3) is 0 Å². The monoisotopic (exact) mass is 577 g/mol. The van der Waals surface area contributed by atoms with Gasteiger partial charge in [-0.1, -0.05) is 55.2 Å². The van der Waals surface area contributed by atoms with E-state index >= 15 is 0 Å². The second-order valence-corrected chi connectivity index (χ2v) is 14.9. The summed E-state index contributed by atoms with van der Waals surface area (Å²) in [5.74, 6) is 0. The zero-order valence-electron chi connectivity index (χ0n) is 23.5. The molecule has 1 spiro atoms. The molecule has 0 bridgehead atoms. The fourth-order valence-corrected chi connectivity index (χ4v) is 8.23. The van der Waals surface area contributed by atoms with Crippen molar-refractivity contribution >= 4 is 20.0 Å². The van der Waals surface area contributed by atoms with Gasteiger partial charge in [-0.15, -0.1) is 0 Å². The van der Waals surface area contributed by atoms with E-state index in [0.717, 1.165) is 50.0 Å². The first-order valence-electron chi connectivity index (χ1n) is 14.1. The first-order chi connectivity index (χ1) is 18.6. The van der Waals surface area contributed by atoms with Crippen molar-refractivity contribution in [3.05, 3.63) is 59.7 Å². The molecule has 0 aromatic heterocycles. The predicted molar refractivity (Wildman–Crippen MR) is 154 cm³/mol. The molecule has 2 aromatic carbocycles. The summed E-state index contributed by atoms with van der Waals surface area (Å²) in [6, 6.07) is 13.8. The molecule has 0 radical (unpaired) electrons. The van der Waals surface area contributed by atoms with Gasteiger partial charge < -0.3 is 9.64 Å². The lowest BCUT2D eigenvalue weighted by Crippen LogP contribution is -2.48. The van der Waals surface area contributed by atoms with Crippen molar-refractivity contribution in [3.63, 3.8) is 0 Å². The fourth-order valence-electron chi connectivity index (χ4n) is 5.13. The van der Waals surface area contributed by atoms with E-state index in [1.807, 2.05) is 13.8 Å². The smallest absolute Gasteiger partial charge is 0.243 e. The molecule has 0 unspecified atom stereocenters. The Labute approximate surface area is 235 Å². The highest BCUT2D eigenvalue weighted by Gasteiger charge is 2.51. The number of nitrogens with zero attached hydrogens (tertiary/aromatic N) is 3. The van der Waals surface area contributed by atoms with Crippen LogP contribution in [0, 0.1) is 13.8 Å². The lowest BCUT2D eigenvalue weighted by Gasteiger charge is -2.32. The summed E-state index contributed by atoms with van der Waals surface area (Å²) in [5, 5.41) is 0. The molecule has 2 heterocycles. The van der Waals surface area contributed by atoms with E-state index in [2.05, 4.69) is 11.8 Å². The van der Waals surface area contributed by atoms with Gasteiger partial charge in [0, 0.05) is 26.2 Å². The van der Waals surface area contributed by atoms with E-state index in [4.69, 9.17) is 4.74 Å². The molecule has 39 heavy (non-hydrogen) atoms. The van der Waals surface area contributed by atoms with Crippen molar-refractivity contribution < 1.29 is 21.6 Å². The van der Waals surface area contributed by atoms with Gasteiger partial charge in [-0.05, 0) is 77.0 Å². The normalized spacial score (nSPS) is 20.4. The van der Waals surface area contributed by atoms with Crippen molar-refractivity contribution in [1.82, 2.24) is 13.5 Å². The number of sulfonamides is 2. The topological polar surface area (TPSA) is 90.5 Å². The van der Waals surface area contributed by atoms with Crippen molar-refractivity contribution in [2.24, 2.45) is 0 Å². The number of aryl methyl sites for hydroxylation is 2. The second kappa shape index (κ2) is 12.8. The molecule has 2 saturated heterocycles. The molecule has 0 atom stereocenters. The molecule has 0 N–H and O–H groups in total. The lowest BCUT2D eigenvalue weighted by molar-refractivity contribution is 0.186. The minimum Gasteiger partial charge on any atom is -0.367 e. The summed E-state index contributed by atoms with van der Waals surface area (Å²) in [5.41, 5.74) is 1.13. The SMILES string of the molecule is CCCCCN1CCCN(S(=O)(=O)c2ccc(C)cc2)CC2(CO2)CN(S(=O)(=O)c2ccc(C)cc2)CCC1. The van der Waals surface area contributed by atoms with Crippen LogP contribution in [0.25, 0.3) is 0 Å². The van der Waals surface area contributed by atoms with Crippen LogP contribution in [0.3, 0.4) is 0 Å². The minimum atomic E-state index is -3.78. The highest BCUT2D eigenvalue weighted by atomic mass is 32.2. The number of unbranched alkanes of at least 4 members (excludes halogenated alkanes) is 2. The largest absolute Gasteiger partial charge is 0.367 e. The van der Waals surface area contributed by atoms with Gasteiger partial charge in [0.05, 0.1) is 16.4 Å². The Hall–Kier alpha value is -1.82. The zero-order chi connectivity index (χ0) is 28.1. The molecule has 8 nitrogen and oxygen atoms in total. The molecule has 2 fully saturated rings. The van der Waals surface area contributed by atoms with Gasteiger partial charge in [0.15, 0.2) is 0 Å². The summed E-state index contributed by atoms with van der Waals surface area (Å²) in [6.45, 7) is 9.78. The van der Waals surface area contributed by atoms with E-state index in [1.165, 1.54) is 8.61 Å². The van der Waals surface area contributed by atoms with E-state index in [-0.39, 0.29) is 22.9 Å². The van der Waals surface area contributed by atoms with Gasteiger partial charge in [-0.2, -0.15) is 8.61 Å². The maximum atomic E-state index is 13.8. The van der Waals surface area contributed by atoms with Crippen LogP contribution in [-0.2, 0) is 24.8 Å². The molecular weight excluding hydrogens is 534 g/mol. The number of rotatable bonds is 8. The minimum absolute atomic E-state index is 0.124. The van der Waals surface area contributed by atoms with Gasteiger partial charge in [-0.3, -0.25) is 0 Å². The quantitative estimate of drug-likeness (QED) is 0.348. The molecule has 2 aliphatic rings. The van der Waals surface area contributed by atoms with E-state index in [0.29, 0.717) is 32.5 Å². The molecule has 216 valence electrons. The van der Waals surface area contributed by atoms with Gasteiger partial charge in [-0.25, -0.2) is 16.8 Å². The molecule has 10 heteroatoms. The number of epoxide rings is 1. The molecule has 0 aliphatic carbocycles. The van der Waals surface area contributed by atoms with Crippen LogP contribution in [0.4, 0.5) is 0 Å². The van der Waals surface area contributed by atoms with Gasteiger partial charge in [0.1, 0.15) is 5.60 Å². The number of hydrogen-bond acceptors (Lipinski definition) is 6. The van der Waals surface area contributed by atoms with Crippen molar-refractivity contribution in [1.29, 1.82) is 0 Å². The van der Waals surface area contributed by atoms with E-state index in [1.54, 1.807) is 48.5 Å². The Morgan fingerprint density at radius 2 is 1.15 bits per heavy atom. The Balaban J connectivity index is 1.63. The van der Waals surface area contributed by atoms with Crippen LogP contribution < -0.4 is 0 Å². The van der Waals surface area contributed by atoms with Crippen LogP contribution in [-0.4, -0.2) is 88.4 Å². The first-order valence-corrected chi connectivity index (χ1v) is 16.9. The molecule has 4 rings (SSSR count). The predicted octanol–water partition coefficient (Wildman–Crippen LogP) is 4.04. The highest BCUT2D eigenvalue weighted by Crippen LogP contribution is 2.34. The highest BCUT2D eigenvalue weighted by molar-refractivity contribution is 7.89. The molecule has 2 aromatic rings. The van der Waals surface area contributed by atoms with Gasteiger partial charge in [0.2, 0.25) is 20.0 Å². The number of ether oxygens (including phenoxy) is 1. The maximum Gasteiger partial charge on any atom is 0.243 e. The first kappa shape index (κ1) is 30.1. The average Bonchev–Trinajstić information content (AvgIpc) is 3.66. The maximum absolute atomic E-state index is 13.8. The third-order valence-electron chi connectivity index (χ3n) is 7.64. The number of benzene rings is 2. The van der Waals surface area contributed by atoms with Crippen LogP contribution >= 0.6 is 0 Å². The van der Waals surface area contributed by atoms with Crippen LogP contribution in [0.15, 0.2) is 58.3 Å². The zero-order valence-corrected chi connectivity index (χ0v) is 25.1. The Bertz CT molecular complexity index is 1200. The lowest BCUT2D eigenvalue weighted by atomic mass is 10.1. The summed E-state index contributed by atoms with van der Waals surface area (Å²) < 4.78 is 64.0. The third-order valence-corrected chi connectivity index (χ3v) is 11.4. The summed E-state index contributed by atoms with van der Waals surface area (Å²) in [7, 11) is -7.56. The third kappa shape index (κ3) is 7.68. The average molecular weight is 578 g/mol.